The maximum absolute atomic E-state index is 13.5. The molecule has 0 radical (unpaired) electrons. The van der Waals surface area contributed by atoms with Crippen LogP contribution in [0.1, 0.15) is 60.8 Å². The SMILES string of the molecule is CN=C(N)Nc1cccc(CCCCC2C=CC(O)=CC2CC2CC(=O)CCc3ccc(OC)c(c3)OCc3ccc4c(c(O)ccc4c3)CC#CO2)c1. The Bertz CT molecular complexity index is 2110. The van der Waals surface area contributed by atoms with Gasteiger partial charge in [-0.3, -0.25) is 9.79 Å². The molecule has 6 bridgehead atoms. The smallest absolute Gasteiger partial charge is 0.192 e. The Kier molecular flexibility index (Phi) is 12.8. The van der Waals surface area contributed by atoms with Crippen molar-refractivity contribution < 1.29 is 29.2 Å². The molecule has 2 heterocycles. The second-order valence-electron chi connectivity index (χ2n) is 14.0. The molecule has 0 saturated heterocycles. The van der Waals surface area contributed by atoms with Crippen molar-refractivity contribution in [3.63, 3.8) is 0 Å². The van der Waals surface area contributed by atoms with Gasteiger partial charge in [-0.1, -0.05) is 54.8 Å². The number of unbranched alkanes of at least 4 members (excludes halogenated alkanes) is 1. The average Bonchev–Trinajstić information content (AvgIpc) is 3.17. The van der Waals surface area contributed by atoms with E-state index in [0.717, 1.165) is 53.3 Å². The summed E-state index contributed by atoms with van der Waals surface area (Å²) in [5, 5.41) is 26.3. The number of carbonyl (C=O) groups excluding carboxylic acids is 1. The molecule has 9 heteroatoms. The molecule has 3 aliphatic rings. The summed E-state index contributed by atoms with van der Waals surface area (Å²) in [6.07, 6.45) is 13.8. The van der Waals surface area contributed by atoms with E-state index in [0.29, 0.717) is 48.9 Å². The summed E-state index contributed by atoms with van der Waals surface area (Å²) in [5.74, 6) is 5.30. The monoisotopic (exact) mass is 727 g/mol. The van der Waals surface area contributed by atoms with Gasteiger partial charge >= 0.3 is 0 Å². The highest BCUT2D eigenvalue weighted by molar-refractivity contribution is 5.92. The molecule has 280 valence electrons. The molecule has 3 atom stereocenters. The third-order valence-electron chi connectivity index (χ3n) is 10.2. The van der Waals surface area contributed by atoms with E-state index in [9.17, 15) is 15.0 Å². The maximum Gasteiger partial charge on any atom is 0.192 e. The van der Waals surface area contributed by atoms with Crippen LogP contribution in [-0.2, 0) is 35.4 Å². The minimum Gasteiger partial charge on any atom is -0.508 e. The largest absolute Gasteiger partial charge is 0.508 e. The molecule has 0 aromatic heterocycles. The lowest BCUT2D eigenvalue weighted by atomic mass is 9.80. The molecule has 2 aliphatic heterocycles. The lowest BCUT2D eigenvalue weighted by molar-refractivity contribution is -0.121. The summed E-state index contributed by atoms with van der Waals surface area (Å²) in [5.41, 5.74) is 10.6. The highest BCUT2D eigenvalue weighted by Gasteiger charge is 2.27. The minimum absolute atomic E-state index is 0.0300. The van der Waals surface area contributed by atoms with E-state index in [1.165, 1.54) is 5.56 Å². The Balaban J connectivity index is 1.18. The number of nitrogens with zero attached hydrogens (tertiary/aromatic N) is 1. The first kappa shape index (κ1) is 37.9. The Morgan fingerprint density at radius 3 is 2.74 bits per heavy atom. The number of nitrogens with two attached hydrogens (primary N) is 1. The van der Waals surface area contributed by atoms with Crippen molar-refractivity contribution in [2.45, 2.75) is 70.5 Å². The number of fused-ring (bicyclic) bond motifs is 9. The molecule has 4 aromatic rings. The Morgan fingerprint density at radius 2 is 1.89 bits per heavy atom. The van der Waals surface area contributed by atoms with Crippen molar-refractivity contribution in [2.75, 3.05) is 19.5 Å². The lowest BCUT2D eigenvalue weighted by Crippen LogP contribution is -2.24. The van der Waals surface area contributed by atoms with Crippen LogP contribution in [0.15, 0.2) is 102 Å². The van der Waals surface area contributed by atoms with Gasteiger partial charge in [0, 0.05) is 37.6 Å². The Morgan fingerprint density at radius 1 is 1.02 bits per heavy atom. The number of aliphatic hydroxyl groups excluding tert-OH is 1. The number of carbonyl (C=O) groups is 1. The fourth-order valence-electron chi connectivity index (χ4n) is 7.26. The Labute approximate surface area is 317 Å². The number of guanidine groups is 1. The summed E-state index contributed by atoms with van der Waals surface area (Å²) in [4.78, 5) is 17.5. The van der Waals surface area contributed by atoms with Crippen LogP contribution in [0, 0.1) is 23.9 Å². The normalized spacial score (nSPS) is 19.1. The average molecular weight is 728 g/mol. The van der Waals surface area contributed by atoms with Gasteiger partial charge < -0.3 is 35.5 Å². The number of benzene rings is 4. The number of anilines is 1. The summed E-state index contributed by atoms with van der Waals surface area (Å²) in [6, 6.07) is 23.6. The quantitative estimate of drug-likeness (QED) is 0.0585. The molecule has 0 amide bonds. The summed E-state index contributed by atoms with van der Waals surface area (Å²) >= 11 is 0. The minimum atomic E-state index is -0.483. The van der Waals surface area contributed by atoms with Gasteiger partial charge in [-0.2, -0.15) is 0 Å². The number of phenols is 1. The number of Topliss-reactive ketones (excluding diaryl/α,β-unsaturated/α-hetero) is 1. The van der Waals surface area contributed by atoms with E-state index in [2.05, 4.69) is 46.6 Å². The van der Waals surface area contributed by atoms with Crippen LogP contribution < -0.4 is 20.5 Å². The number of aliphatic hydroxyl groups is 1. The van der Waals surface area contributed by atoms with Gasteiger partial charge in [0.15, 0.2) is 17.5 Å². The van der Waals surface area contributed by atoms with Gasteiger partial charge in [0.2, 0.25) is 0 Å². The summed E-state index contributed by atoms with van der Waals surface area (Å²) in [6.45, 7) is 0.332. The van der Waals surface area contributed by atoms with Gasteiger partial charge in [0.05, 0.1) is 7.11 Å². The predicted octanol–water partition coefficient (Wildman–Crippen LogP) is 8.33. The molecule has 0 fully saturated rings. The number of hydrogen-bond acceptors (Lipinski definition) is 7. The van der Waals surface area contributed by atoms with Crippen molar-refractivity contribution in [1.82, 2.24) is 0 Å². The van der Waals surface area contributed by atoms with Crippen LogP contribution in [0.2, 0.25) is 0 Å². The van der Waals surface area contributed by atoms with Gasteiger partial charge in [-0.05, 0) is 120 Å². The van der Waals surface area contributed by atoms with Crippen molar-refractivity contribution in [3.8, 4) is 29.3 Å². The molecule has 1 aliphatic carbocycles. The molecule has 54 heavy (non-hydrogen) atoms. The maximum atomic E-state index is 13.5. The van der Waals surface area contributed by atoms with Crippen LogP contribution in [0.5, 0.6) is 17.2 Å². The first-order chi connectivity index (χ1) is 26.3. The molecule has 0 spiro atoms. The Hall–Kier alpha value is -5.88. The van der Waals surface area contributed by atoms with Crippen LogP contribution >= 0.6 is 0 Å². The number of phenolic OH excluding ortho intramolecular Hbond substituents is 1. The zero-order valence-electron chi connectivity index (χ0n) is 31.0. The highest BCUT2D eigenvalue weighted by atomic mass is 16.5. The lowest BCUT2D eigenvalue weighted by Gasteiger charge is -2.28. The van der Waals surface area contributed by atoms with E-state index in [1.807, 2.05) is 54.6 Å². The van der Waals surface area contributed by atoms with E-state index in [1.54, 1.807) is 26.3 Å². The molecule has 9 nitrogen and oxygen atoms in total. The zero-order chi connectivity index (χ0) is 37.9. The van der Waals surface area contributed by atoms with Crippen molar-refractivity contribution in [3.05, 3.63) is 119 Å². The first-order valence-electron chi connectivity index (χ1n) is 18.6. The molecular formula is C45H49N3O6. The van der Waals surface area contributed by atoms with Crippen molar-refractivity contribution >= 4 is 28.2 Å². The highest BCUT2D eigenvalue weighted by Crippen LogP contribution is 2.34. The van der Waals surface area contributed by atoms with Crippen molar-refractivity contribution in [2.24, 2.45) is 22.6 Å². The van der Waals surface area contributed by atoms with Gasteiger partial charge in [-0.25, -0.2) is 0 Å². The first-order valence-corrected chi connectivity index (χ1v) is 18.6. The number of aromatic hydroxyl groups is 1. The molecule has 3 unspecified atom stereocenters. The van der Waals surface area contributed by atoms with E-state index < -0.39 is 6.10 Å². The number of nitrogens with one attached hydrogen (secondary N) is 1. The van der Waals surface area contributed by atoms with E-state index in [4.69, 9.17) is 19.9 Å². The van der Waals surface area contributed by atoms with E-state index in [-0.39, 0.29) is 42.0 Å². The topological polar surface area (TPSA) is 136 Å². The molecule has 4 aromatic carbocycles. The van der Waals surface area contributed by atoms with Crippen LogP contribution in [0.3, 0.4) is 0 Å². The third kappa shape index (κ3) is 10.2. The standard InChI is InChI=1S/C45H49N3O6/c1-47-45(46)48-36-10-5-8-30(24-36)7-3-4-9-33-15-18-37(49)26-35(33)27-39-28-38(50)17-12-31-14-21-43(52-2)44(25-31)54-29-32-13-19-40-34(23-32)16-20-42(51)41(40)11-6-22-53-39/h5,8,10,13-16,18-21,23-26,33,35,39,49,51H,3-4,7,9,11-12,17,27-29H2,1-2H3,(H3,46,47,48). The number of ketones is 1. The number of hydrogen-bond donors (Lipinski definition) is 4. The molecule has 5 N–H and O–H groups in total. The summed E-state index contributed by atoms with van der Waals surface area (Å²) in [7, 11) is 3.26. The number of aryl methyl sites for hydroxylation is 2. The van der Waals surface area contributed by atoms with Gasteiger partial charge in [0.25, 0.3) is 0 Å². The van der Waals surface area contributed by atoms with Crippen molar-refractivity contribution in [1.29, 1.82) is 0 Å². The number of rotatable bonds is 9. The second kappa shape index (κ2) is 18.2. The second-order valence-corrected chi connectivity index (χ2v) is 14.0. The van der Waals surface area contributed by atoms with Gasteiger partial charge in [-0.15, -0.1) is 0 Å². The zero-order valence-corrected chi connectivity index (χ0v) is 31.0. The van der Waals surface area contributed by atoms with Crippen LogP contribution in [0.4, 0.5) is 5.69 Å². The van der Waals surface area contributed by atoms with Crippen LogP contribution in [0.25, 0.3) is 10.8 Å². The molecule has 0 saturated carbocycles. The molecular weight excluding hydrogens is 679 g/mol. The fourth-order valence-corrected chi connectivity index (χ4v) is 7.26. The molecule has 7 rings (SSSR count). The van der Waals surface area contributed by atoms with Gasteiger partial charge in [0.1, 0.15) is 36.1 Å². The fraction of sp³-hybridized carbons (Fsp3) is 0.333. The number of ether oxygens (including phenoxy) is 3. The number of methoxy groups -OCH3 is 1. The number of aliphatic imine (C=N–C) groups is 1. The third-order valence-corrected chi connectivity index (χ3v) is 10.2. The predicted molar refractivity (Wildman–Crippen MR) is 214 cm³/mol. The number of allylic oxidation sites excluding steroid dienone is 3. The summed E-state index contributed by atoms with van der Waals surface area (Å²) < 4.78 is 18.0. The van der Waals surface area contributed by atoms with Crippen LogP contribution in [-0.4, -0.2) is 42.2 Å². The van der Waals surface area contributed by atoms with E-state index >= 15 is 0 Å².